The summed E-state index contributed by atoms with van der Waals surface area (Å²) in [7, 11) is 0. The van der Waals surface area contributed by atoms with Gasteiger partial charge in [-0.2, -0.15) is 10.2 Å². The number of H-pyrrole nitrogens is 1. The van der Waals surface area contributed by atoms with Crippen LogP contribution < -0.4 is 0 Å². The molecule has 4 heterocycles. The average molecular weight is 364 g/mol. The van der Waals surface area contributed by atoms with E-state index in [1.165, 1.54) is 11.3 Å². The maximum absolute atomic E-state index is 13.2. The summed E-state index contributed by atoms with van der Waals surface area (Å²) in [5.74, 6) is 1.07. The lowest BCUT2D eigenvalue weighted by atomic mass is 9.91. The first-order valence-electron chi connectivity index (χ1n) is 9.46. The van der Waals surface area contributed by atoms with E-state index in [0.717, 1.165) is 37.3 Å². The topological polar surface area (TPSA) is 79.7 Å². The Hall–Kier alpha value is -2.96. The van der Waals surface area contributed by atoms with Crippen LogP contribution in [0.4, 0.5) is 0 Å². The minimum atomic E-state index is 0.0388. The fraction of sp³-hybridized carbons (Fsp3) is 0.400. The van der Waals surface area contributed by atoms with Crippen molar-refractivity contribution in [2.45, 2.75) is 39.0 Å². The Morgan fingerprint density at radius 1 is 1.33 bits per heavy atom. The molecule has 0 saturated carbocycles. The molecule has 0 aliphatic carbocycles. The summed E-state index contributed by atoms with van der Waals surface area (Å²) < 4.78 is 1.72. The van der Waals surface area contributed by atoms with Crippen LogP contribution >= 0.6 is 0 Å². The van der Waals surface area contributed by atoms with Crippen molar-refractivity contribution < 1.29 is 4.79 Å². The minimum absolute atomic E-state index is 0.0388. The van der Waals surface area contributed by atoms with Gasteiger partial charge in [0.2, 0.25) is 0 Å². The van der Waals surface area contributed by atoms with Gasteiger partial charge in [0.05, 0.1) is 23.7 Å². The lowest BCUT2D eigenvalue weighted by molar-refractivity contribution is 0.0705. The van der Waals surface area contributed by atoms with Gasteiger partial charge in [0.1, 0.15) is 0 Å². The molecule has 1 aliphatic rings. The number of hydrogen-bond acceptors (Lipinski definition) is 4. The van der Waals surface area contributed by atoms with Gasteiger partial charge >= 0.3 is 0 Å². The van der Waals surface area contributed by atoms with Crippen molar-refractivity contribution in [3.8, 4) is 5.82 Å². The molecule has 4 rings (SSSR count). The smallest absolute Gasteiger partial charge is 0.257 e. The maximum atomic E-state index is 13.2. The first-order valence-corrected chi connectivity index (χ1v) is 9.46. The van der Waals surface area contributed by atoms with Gasteiger partial charge in [-0.1, -0.05) is 13.0 Å². The summed E-state index contributed by atoms with van der Waals surface area (Å²) >= 11 is 0. The zero-order chi connectivity index (χ0) is 18.8. The molecule has 1 atom stereocenters. The standard InChI is InChI=1S/C20H24N6O/c1-3-15-11-22-24-19(15)16-7-6-10-25(13-16)20(27)17-12-23-26(14(17)2)18-8-4-5-9-21-18/h4-5,8-9,11-12,16H,3,6-7,10,13H2,1-2H3,(H,22,24). The number of aromatic nitrogens is 5. The average Bonchev–Trinajstić information content (AvgIpc) is 3.34. The molecule has 1 fully saturated rings. The normalized spacial score (nSPS) is 17.3. The fourth-order valence-electron chi connectivity index (χ4n) is 3.85. The largest absolute Gasteiger partial charge is 0.338 e. The van der Waals surface area contributed by atoms with Crippen molar-refractivity contribution >= 4 is 5.91 Å². The van der Waals surface area contributed by atoms with E-state index < -0.39 is 0 Å². The van der Waals surface area contributed by atoms with Crippen LogP contribution in [0, 0.1) is 6.92 Å². The van der Waals surface area contributed by atoms with Crippen molar-refractivity contribution in [1.29, 1.82) is 0 Å². The third-order valence-corrected chi connectivity index (χ3v) is 5.36. The van der Waals surface area contributed by atoms with Crippen LogP contribution in [0.5, 0.6) is 0 Å². The molecule has 1 aliphatic heterocycles. The molecule has 0 aromatic carbocycles. The van der Waals surface area contributed by atoms with E-state index in [9.17, 15) is 4.79 Å². The Morgan fingerprint density at radius 2 is 2.22 bits per heavy atom. The highest BCUT2D eigenvalue weighted by Gasteiger charge is 2.29. The van der Waals surface area contributed by atoms with Crippen molar-refractivity contribution in [3.05, 3.63) is 59.3 Å². The molecule has 140 valence electrons. The minimum Gasteiger partial charge on any atom is -0.338 e. The Morgan fingerprint density at radius 3 is 3.00 bits per heavy atom. The Bertz CT molecular complexity index is 929. The molecule has 0 radical (unpaired) electrons. The number of pyridine rings is 1. The van der Waals surface area contributed by atoms with Gasteiger partial charge in [-0.3, -0.25) is 9.89 Å². The van der Waals surface area contributed by atoms with Crippen molar-refractivity contribution in [3.63, 3.8) is 0 Å². The highest BCUT2D eigenvalue weighted by molar-refractivity contribution is 5.95. The molecule has 1 N–H and O–H groups in total. The SMILES string of the molecule is CCc1cn[nH]c1C1CCCN(C(=O)c2cnn(-c3ccccn3)c2C)C1. The second kappa shape index (κ2) is 7.34. The number of piperidine rings is 1. The molecule has 27 heavy (non-hydrogen) atoms. The van der Waals surface area contributed by atoms with Gasteiger partial charge < -0.3 is 4.90 Å². The third-order valence-electron chi connectivity index (χ3n) is 5.36. The Labute approximate surface area is 158 Å². The van der Waals surface area contributed by atoms with Crippen LogP contribution in [0.15, 0.2) is 36.8 Å². The molecule has 7 heteroatoms. The lowest BCUT2D eigenvalue weighted by Crippen LogP contribution is -2.39. The van der Waals surface area contributed by atoms with Crippen LogP contribution in [-0.4, -0.2) is 48.9 Å². The molecular formula is C20H24N6O. The lowest BCUT2D eigenvalue weighted by Gasteiger charge is -2.32. The molecule has 3 aromatic heterocycles. The predicted molar refractivity (Wildman–Crippen MR) is 102 cm³/mol. The number of aryl methyl sites for hydroxylation is 1. The van der Waals surface area contributed by atoms with Gasteiger partial charge in [-0.05, 0) is 43.9 Å². The fourth-order valence-corrected chi connectivity index (χ4v) is 3.85. The number of nitrogens with one attached hydrogen (secondary N) is 1. The molecule has 7 nitrogen and oxygen atoms in total. The number of carbonyl (C=O) groups excluding carboxylic acids is 1. The summed E-state index contributed by atoms with van der Waals surface area (Å²) in [6.07, 6.45) is 8.30. The molecule has 0 bridgehead atoms. The van der Waals surface area contributed by atoms with E-state index in [-0.39, 0.29) is 5.91 Å². The van der Waals surface area contributed by atoms with Gasteiger partial charge in [0.25, 0.3) is 5.91 Å². The number of carbonyl (C=O) groups is 1. The quantitative estimate of drug-likeness (QED) is 0.772. The van der Waals surface area contributed by atoms with Gasteiger partial charge in [-0.25, -0.2) is 9.67 Å². The van der Waals surface area contributed by atoms with E-state index in [0.29, 0.717) is 18.0 Å². The number of amides is 1. The predicted octanol–water partition coefficient (Wildman–Crippen LogP) is 2.88. The highest BCUT2D eigenvalue weighted by atomic mass is 16.2. The Balaban J connectivity index is 1.55. The van der Waals surface area contributed by atoms with Crippen LogP contribution in [0.2, 0.25) is 0 Å². The second-order valence-corrected chi connectivity index (χ2v) is 7.00. The molecule has 1 saturated heterocycles. The second-order valence-electron chi connectivity index (χ2n) is 7.00. The zero-order valence-corrected chi connectivity index (χ0v) is 15.7. The Kier molecular flexibility index (Phi) is 4.75. The van der Waals surface area contributed by atoms with E-state index in [1.54, 1.807) is 17.1 Å². The third kappa shape index (κ3) is 3.25. The summed E-state index contributed by atoms with van der Waals surface area (Å²) in [5, 5.41) is 11.7. The van der Waals surface area contributed by atoms with E-state index in [4.69, 9.17) is 0 Å². The first-order chi connectivity index (χ1) is 13.2. The van der Waals surface area contributed by atoms with E-state index >= 15 is 0 Å². The molecule has 1 amide bonds. The van der Waals surface area contributed by atoms with E-state index in [2.05, 4.69) is 27.2 Å². The molecular weight excluding hydrogens is 340 g/mol. The summed E-state index contributed by atoms with van der Waals surface area (Å²) in [4.78, 5) is 19.4. The van der Waals surface area contributed by atoms with Crippen molar-refractivity contribution in [2.75, 3.05) is 13.1 Å². The van der Waals surface area contributed by atoms with Crippen LogP contribution in [0.25, 0.3) is 5.82 Å². The van der Waals surface area contributed by atoms with Gasteiger partial charge in [0, 0.05) is 30.9 Å². The monoisotopic (exact) mass is 364 g/mol. The first kappa shape index (κ1) is 17.5. The maximum Gasteiger partial charge on any atom is 0.257 e. The van der Waals surface area contributed by atoms with Crippen LogP contribution in [0.3, 0.4) is 0 Å². The zero-order valence-electron chi connectivity index (χ0n) is 15.7. The molecule has 3 aromatic rings. The van der Waals surface area contributed by atoms with Crippen LogP contribution in [-0.2, 0) is 6.42 Å². The molecule has 0 spiro atoms. The number of likely N-dealkylation sites (tertiary alicyclic amines) is 1. The summed E-state index contributed by atoms with van der Waals surface area (Å²) in [5.41, 5.74) is 3.88. The number of nitrogens with zero attached hydrogens (tertiary/aromatic N) is 5. The van der Waals surface area contributed by atoms with Crippen molar-refractivity contribution in [1.82, 2.24) is 29.9 Å². The summed E-state index contributed by atoms with van der Waals surface area (Å²) in [6, 6.07) is 5.66. The van der Waals surface area contributed by atoms with Gasteiger partial charge in [0.15, 0.2) is 5.82 Å². The van der Waals surface area contributed by atoms with Gasteiger partial charge in [-0.15, -0.1) is 0 Å². The van der Waals surface area contributed by atoms with E-state index in [1.807, 2.05) is 36.2 Å². The van der Waals surface area contributed by atoms with Crippen molar-refractivity contribution in [2.24, 2.45) is 0 Å². The molecule has 1 unspecified atom stereocenters. The number of rotatable bonds is 4. The summed E-state index contributed by atoms with van der Waals surface area (Å²) in [6.45, 7) is 5.54. The highest BCUT2D eigenvalue weighted by Crippen LogP contribution is 2.29. The number of aromatic amines is 1. The number of hydrogen-bond donors (Lipinski definition) is 1. The van der Waals surface area contributed by atoms with Crippen LogP contribution in [0.1, 0.15) is 53.0 Å².